The number of nitrogens with zero attached hydrogens (tertiary/aromatic N) is 8. The number of benzene rings is 1. The molecule has 0 aromatic heterocycles. The number of carbonyl (C=O) groups is 24. The molecule has 4 saturated heterocycles. The van der Waals surface area contributed by atoms with Crippen molar-refractivity contribution in [2.45, 2.75) is 214 Å². The predicted octanol–water partition coefficient (Wildman–Crippen LogP) is -7.75. The van der Waals surface area contributed by atoms with E-state index in [4.69, 9.17) is 106 Å². The topological polar surface area (TPSA) is 986 Å². The van der Waals surface area contributed by atoms with Crippen LogP contribution in [0.5, 0.6) is 0 Å². The molecule has 4 fully saturated rings. The quantitative estimate of drug-likeness (QED) is 0.0125. The first-order chi connectivity index (χ1) is 65.5. The van der Waals surface area contributed by atoms with Crippen molar-refractivity contribution in [2.24, 2.45) is 77.2 Å². The number of unbranched alkanes of at least 4 members (excludes halogenated alkanes) is 1. The summed E-state index contributed by atoms with van der Waals surface area (Å²) in [5.41, 5.74) is 42.5. The fourth-order valence-electron chi connectivity index (χ4n) is 11.3. The third kappa shape index (κ3) is 63.5. The number of hydrogen-bond acceptors (Lipinski definition) is 28. The number of rotatable bonds is 49. The second kappa shape index (κ2) is 69.4. The van der Waals surface area contributed by atoms with Crippen LogP contribution in [0.15, 0.2) is 50.3 Å². The summed E-state index contributed by atoms with van der Waals surface area (Å²) < 4.78 is 0. The Balaban J connectivity index is -0.00000171. The molecule has 0 unspecified atom stereocenters. The van der Waals surface area contributed by atoms with Crippen LogP contribution in [0.2, 0.25) is 0 Å². The average Bonchev–Trinajstić information content (AvgIpc) is 1.70. The first kappa shape index (κ1) is 129. The summed E-state index contributed by atoms with van der Waals surface area (Å²) in [6.07, 6.45) is 2.32. The van der Waals surface area contributed by atoms with Crippen LogP contribution in [-0.2, 0) is 102 Å². The number of imide groups is 4. The van der Waals surface area contributed by atoms with Crippen molar-refractivity contribution < 1.29 is 156 Å². The Morgan fingerprint density at radius 2 is 0.603 bits per heavy atom. The fraction of sp³-hybridized carbons (Fsp3) is 0.580. The molecule has 0 radical (unpaired) electrons. The van der Waals surface area contributed by atoms with Crippen LogP contribution in [0, 0.1) is 11.3 Å². The molecule has 4 heterocycles. The molecular weight excluding hydrogens is 1880 g/mol. The Kier molecular flexibility index (Phi) is 63.3. The summed E-state index contributed by atoms with van der Waals surface area (Å²) in [5, 5.41) is 95.0. The number of urea groups is 4. The SMILES string of the molecule is CC(=O)O.CC(=O)O.CC(=O)O.CC(=O)O.CC(C)(C)CNC(=O)[C@H](CC(=O)O)NC(=O)CN1C(=O)N[C@@H](CCCN=C(N)N)C1=O.CC(C)CNC(=O)[C@H](CC(=O)O)NC(=O)CN1C(=O)N[C@@H](CCCN=C(N)N)C1=O.CCCCNC(=O)[C@H](CC(=O)O)NC(=O)CN1C(=O)N[C@@H](CCCN=C(N)N)C1=O.NC(N)=NCCC[C@@H]1NC(=O)N(CC(=O)N[C@@H](CC(=O)O)C(=O)NCCc2ccccc2)C1=O. The predicted molar refractivity (Wildman–Crippen MR) is 497 cm³/mol. The molecule has 4 aliphatic heterocycles. The molecule has 0 saturated carbocycles. The smallest absolute Gasteiger partial charge is 0.325 e. The molecule has 1 aromatic carbocycles. The Bertz CT molecular complexity index is 4490. The van der Waals surface area contributed by atoms with Crippen LogP contribution in [-0.4, -0.2) is 354 Å². The standard InChI is InChI=1S/C21H29N7O6.C18H31N7O6.2C17H29N7O6.4C2H4O2/c22-20(23)25-9-4-7-14-19(33)28(21(34)27-14)12-16(29)26-15(11-17(30)31)18(32)24-10-8-13-5-2-1-3-6-13;1-18(2,3)9-22-14(29)11(7-13(27)28)23-12(26)8-25-15(30)10(24-17(25)31)5-4-6-21-16(19)20;1-9(2)7-21-14(28)11(6-13(26)27)22-12(25)8-24-15(29)10(23-17(24)30)4-3-5-20-16(18)19;1-2-3-6-20-14(28)11(8-13(26)27)22-12(25)9-24-15(29)10(23-17(24)30)5-4-7-21-16(18)19;4*1-2(3)4/h1-3,5-6,14-15H,4,7-12H2,(H,24,32)(H,26,29)(H,27,34)(H,30,31)(H4,22,23,25);10-11H,4-9H2,1-3H3,(H,22,29)(H,23,26)(H,24,31)(H,27,28)(H4,19,20,21);9-11H,3-8H2,1-2H3,(H,21,28)(H,22,25)(H,23,30)(H,26,27)(H4,18,19,20);10-11H,2-9H2,1H3,(H,20,28)(H,22,25)(H,23,30)(H,26,27)(H4,18,19,21);4*1H3,(H,3,4)/t14-,15-;3*10-,11-;;;;/m0000..../s1. The summed E-state index contributed by atoms with van der Waals surface area (Å²) >= 11 is 0. The lowest BCUT2D eigenvalue weighted by Crippen LogP contribution is -2.52. The van der Waals surface area contributed by atoms with Gasteiger partial charge in [-0.05, 0) is 81.1 Å². The van der Waals surface area contributed by atoms with Crippen molar-refractivity contribution in [3.8, 4) is 0 Å². The first-order valence-electron chi connectivity index (χ1n) is 43.2. The van der Waals surface area contributed by atoms with Crippen LogP contribution >= 0.6 is 0 Å². The van der Waals surface area contributed by atoms with Crippen LogP contribution in [0.25, 0.3) is 0 Å². The number of hydrogen-bond donors (Lipinski definition) is 28. The van der Waals surface area contributed by atoms with Gasteiger partial charge in [-0.25, -0.2) is 19.2 Å². The van der Waals surface area contributed by atoms with E-state index < -0.39 is 243 Å². The maximum Gasteiger partial charge on any atom is 0.325 e. The van der Waals surface area contributed by atoms with Crippen LogP contribution < -0.4 is 110 Å². The Morgan fingerprint density at radius 1 is 0.369 bits per heavy atom. The number of carbonyl (C=O) groups excluding carboxylic acids is 16. The van der Waals surface area contributed by atoms with Gasteiger partial charge in [-0.2, -0.15) is 0 Å². The molecule has 60 nitrogen and oxygen atoms in total. The molecule has 4 aliphatic rings. The van der Waals surface area contributed by atoms with Gasteiger partial charge in [-0.3, -0.25) is 135 Å². The van der Waals surface area contributed by atoms with Gasteiger partial charge in [0, 0.05) is 80.1 Å². The number of carboxylic acid groups (broad SMARTS) is 8. The zero-order valence-electron chi connectivity index (χ0n) is 79.7. The Labute approximate surface area is 808 Å². The second-order valence-corrected chi connectivity index (χ2v) is 32.0. The van der Waals surface area contributed by atoms with E-state index in [-0.39, 0.29) is 100 Å². The van der Waals surface area contributed by atoms with E-state index in [1.807, 2.05) is 71.9 Å². The van der Waals surface area contributed by atoms with Crippen molar-refractivity contribution in [3.63, 3.8) is 0 Å². The zero-order valence-corrected chi connectivity index (χ0v) is 79.7. The highest BCUT2D eigenvalue weighted by Gasteiger charge is 2.44. The molecule has 790 valence electrons. The Morgan fingerprint density at radius 3 is 0.823 bits per heavy atom. The molecule has 8 atom stereocenters. The van der Waals surface area contributed by atoms with E-state index in [1.54, 1.807) is 0 Å². The van der Waals surface area contributed by atoms with Gasteiger partial charge in [-0.1, -0.05) is 78.3 Å². The number of aliphatic carboxylic acids is 8. The minimum absolute atomic E-state index is 0.0790. The van der Waals surface area contributed by atoms with Gasteiger partial charge in [0.05, 0.1) is 25.7 Å². The lowest BCUT2D eigenvalue weighted by molar-refractivity contribution is -0.141. The van der Waals surface area contributed by atoms with Gasteiger partial charge in [-0.15, -0.1) is 0 Å². The van der Waals surface area contributed by atoms with Crippen LogP contribution in [0.4, 0.5) is 19.2 Å². The molecule has 36 N–H and O–H groups in total. The van der Waals surface area contributed by atoms with E-state index in [0.717, 1.165) is 39.7 Å². The highest BCUT2D eigenvalue weighted by Crippen LogP contribution is 2.17. The second-order valence-electron chi connectivity index (χ2n) is 32.0. The molecular formula is C81H134N28O32. The summed E-state index contributed by atoms with van der Waals surface area (Å²) in [6, 6.07) is -2.29. The minimum Gasteiger partial charge on any atom is -0.481 e. The van der Waals surface area contributed by atoms with E-state index in [2.05, 4.69) is 83.8 Å². The zero-order chi connectivity index (χ0) is 109. The van der Waals surface area contributed by atoms with E-state index in [9.17, 15) is 95.9 Å². The number of nitrogens with two attached hydrogens (primary N) is 8. The monoisotopic (exact) mass is 2010 g/mol. The molecule has 141 heavy (non-hydrogen) atoms. The highest BCUT2D eigenvalue weighted by molar-refractivity contribution is 6.10. The summed E-state index contributed by atoms with van der Waals surface area (Å²) in [6.45, 7) is 15.3. The third-order valence-electron chi connectivity index (χ3n) is 17.4. The molecule has 60 heteroatoms. The summed E-state index contributed by atoms with van der Waals surface area (Å²) in [7, 11) is 0. The molecule has 0 spiro atoms. The van der Waals surface area contributed by atoms with Gasteiger partial charge in [0.1, 0.15) is 74.5 Å². The maximum atomic E-state index is 12.5. The molecule has 1 aromatic rings. The van der Waals surface area contributed by atoms with Crippen molar-refractivity contribution in [3.05, 3.63) is 35.9 Å². The number of nitrogens with one attached hydrogen (secondary N) is 12. The minimum atomic E-state index is -1.36. The number of carboxylic acids is 8. The van der Waals surface area contributed by atoms with E-state index in [1.165, 1.54) is 0 Å². The number of amides is 20. The normalized spacial score (nSPS) is 15.4. The van der Waals surface area contributed by atoms with E-state index >= 15 is 0 Å². The molecule has 20 amide bonds. The van der Waals surface area contributed by atoms with Gasteiger partial charge in [0.25, 0.3) is 47.5 Å². The van der Waals surface area contributed by atoms with E-state index in [0.29, 0.717) is 71.2 Å². The van der Waals surface area contributed by atoms with Gasteiger partial charge >= 0.3 is 48.0 Å². The van der Waals surface area contributed by atoms with Gasteiger partial charge in [0.15, 0.2) is 23.8 Å². The summed E-state index contributed by atoms with van der Waals surface area (Å²) in [4.78, 5) is 294. The van der Waals surface area contributed by atoms with Gasteiger partial charge in [0.2, 0.25) is 47.3 Å². The molecule has 0 aliphatic carbocycles. The average molecular weight is 2010 g/mol. The fourth-order valence-corrected chi connectivity index (χ4v) is 11.3. The third-order valence-corrected chi connectivity index (χ3v) is 17.4. The van der Waals surface area contributed by atoms with Crippen LogP contribution in [0.3, 0.4) is 0 Å². The molecule has 0 bridgehead atoms. The summed E-state index contributed by atoms with van der Waals surface area (Å²) in [5.74, 6) is -17.0. The van der Waals surface area contributed by atoms with Gasteiger partial charge < -0.3 is 151 Å². The van der Waals surface area contributed by atoms with Crippen molar-refractivity contribution in [1.82, 2.24) is 83.4 Å². The first-order valence-corrected chi connectivity index (χ1v) is 43.2. The highest BCUT2D eigenvalue weighted by atomic mass is 16.4. The lowest BCUT2D eigenvalue weighted by Gasteiger charge is -2.22. The Hall–Kier alpha value is -16.4. The lowest BCUT2D eigenvalue weighted by atomic mass is 9.97. The van der Waals surface area contributed by atoms with Crippen LogP contribution in [0.1, 0.15) is 165 Å². The number of aliphatic imine (C=N–C) groups is 4. The van der Waals surface area contributed by atoms with Crippen molar-refractivity contribution in [2.75, 3.05) is 78.5 Å². The maximum absolute atomic E-state index is 12.5. The van der Waals surface area contributed by atoms with Crippen molar-refractivity contribution in [1.29, 1.82) is 0 Å². The molecule has 5 rings (SSSR count). The largest absolute Gasteiger partial charge is 0.481 e. The van der Waals surface area contributed by atoms with Crippen molar-refractivity contribution >= 4 is 167 Å². The number of guanidine groups is 4.